The average Bonchev–Trinajstić information content (AvgIpc) is 2.53. The van der Waals surface area contributed by atoms with Crippen LogP contribution in [0.15, 0.2) is 12.1 Å². The number of nitrogens with zero attached hydrogens (tertiary/aromatic N) is 1. The van der Waals surface area contributed by atoms with E-state index in [1.807, 2.05) is 0 Å². The van der Waals surface area contributed by atoms with Gasteiger partial charge >= 0.3 is 0 Å². The summed E-state index contributed by atoms with van der Waals surface area (Å²) in [7, 11) is 3.36. The fourth-order valence-electron chi connectivity index (χ4n) is 4.26. The van der Waals surface area contributed by atoms with E-state index in [0.29, 0.717) is 17.9 Å². The minimum Gasteiger partial charge on any atom is -0.493 e. The highest BCUT2D eigenvalue weighted by Gasteiger charge is 2.38. The molecule has 0 aliphatic carbocycles. The first-order valence-electron chi connectivity index (χ1n) is 8.70. The Morgan fingerprint density at radius 3 is 2.50 bits per heavy atom. The van der Waals surface area contributed by atoms with E-state index in [-0.39, 0.29) is 13.5 Å². The monoisotopic (exact) mass is 335 g/mol. The Balaban J connectivity index is 0.00000208. The molecule has 0 amide bonds. The third kappa shape index (κ3) is 3.55. The van der Waals surface area contributed by atoms with Gasteiger partial charge in [0.05, 0.1) is 20.3 Å². The summed E-state index contributed by atoms with van der Waals surface area (Å²) in [6, 6.07) is 4.52. The number of hydrogen-bond acceptors (Lipinski definition) is 4. The molecule has 1 aromatic carbocycles. The maximum Gasteiger partial charge on any atom is 0.161 e. The summed E-state index contributed by atoms with van der Waals surface area (Å²) in [6.45, 7) is 6.54. The molecule has 0 saturated carbocycles. The largest absolute Gasteiger partial charge is 0.493 e. The van der Waals surface area contributed by atoms with Crippen LogP contribution in [-0.4, -0.2) is 43.4 Å². The first-order chi connectivity index (χ1) is 11.0. The molecule has 2 heterocycles. The predicted molar refractivity (Wildman–Crippen MR) is 97.9 cm³/mol. The molecule has 3 rings (SSSR count). The lowest BCUT2D eigenvalue weighted by Gasteiger charge is -2.46. The Labute approximate surface area is 146 Å². The van der Waals surface area contributed by atoms with Crippen LogP contribution in [-0.2, 0) is 6.42 Å². The van der Waals surface area contributed by atoms with E-state index in [4.69, 9.17) is 9.47 Å². The minimum atomic E-state index is -0.210. The number of ether oxygens (including phenoxy) is 2. The zero-order valence-corrected chi connectivity index (χ0v) is 14.7. The maximum atomic E-state index is 10.6. The molecule has 3 atom stereocenters. The van der Waals surface area contributed by atoms with E-state index < -0.39 is 0 Å². The van der Waals surface area contributed by atoms with Gasteiger partial charge in [0.15, 0.2) is 11.5 Å². The number of fused-ring (bicyclic) bond motifs is 3. The summed E-state index contributed by atoms with van der Waals surface area (Å²) in [6.07, 6.45) is 2.75. The molecule has 1 aromatic rings. The van der Waals surface area contributed by atoms with Crippen LogP contribution < -0.4 is 9.47 Å². The summed E-state index contributed by atoms with van der Waals surface area (Å²) in [5.74, 6) is 2.61. The summed E-state index contributed by atoms with van der Waals surface area (Å²) in [5.41, 5.74) is 2.63. The zero-order chi connectivity index (χ0) is 16.6. The minimum absolute atomic E-state index is 0. The average molecular weight is 335 g/mol. The van der Waals surface area contributed by atoms with Crippen molar-refractivity contribution in [3.8, 4) is 11.5 Å². The Bertz CT molecular complexity index is 558. The van der Waals surface area contributed by atoms with Gasteiger partial charge in [0.25, 0.3) is 0 Å². The second-order valence-corrected chi connectivity index (χ2v) is 7.36. The van der Waals surface area contributed by atoms with Crippen molar-refractivity contribution >= 4 is 0 Å². The molecule has 0 aromatic heterocycles. The van der Waals surface area contributed by atoms with Crippen LogP contribution in [0, 0.1) is 11.8 Å². The van der Waals surface area contributed by atoms with Crippen LogP contribution in [0.1, 0.15) is 51.3 Å². The molecule has 2 aliphatic heterocycles. The summed E-state index contributed by atoms with van der Waals surface area (Å²) < 4.78 is 10.9. The van der Waals surface area contributed by atoms with Gasteiger partial charge in [-0.1, -0.05) is 21.3 Å². The van der Waals surface area contributed by atoms with Crippen molar-refractivity contribution in [3.63, 3.8) is 0 Å². The number of hydrogen-bond donors (Lipinski definition) is 1. The van der Waals surface area contributed by atoms with Crippen LogP contribution >= 0.6 is 0 Å². The van der Waals surface area contributed by atoms with E-state index in [9.17, 15) is 5.11 Å². The lowest BCUT2D eigenvalue weighted by atomic mass is 9.79. The molecule has 2 aliphatic rings. The molecular weight excluding hydrogens is 302 g/mol. The molecule has 1 fully saturated rings. The van der Waals surface area contributed by atoms with E-state index in [0.717, 1.165) is 43.9 Å². The van der Waals surface area contributed by atoms with Crippen molar-refractivity contribution in [2.75, 3.05) is 27.3 Å². The summed E-state index contributed by atoms with van der Waals surface area (Å²) >= 11 is 0. The normalized spacial score (nSPS) is 26.3. The molecule has 1 unspecified atom stereocenters. The highest BCUT2D eigenvalue weighted by molar-refractivity contribution is 5.49. The lowest BCUT2D eigenvalue weighted by molar-refractivity contribution is -0.0191. The van der Waals surface area contributed by atoms with E-state index in [1.165, 1.54) is 11.1 Å². The second kappa shape index (κ2) is 7.75. The molecule has 0 bridgehead atoms. The summed E-state index contributed by atoms with van der Waals surface area (Å²) in [5, 5.41) is 10.6. The van der Waals surface area contributed by atoms with Crippen LogP contribution in [0.2, 0.25) is 0 Å². The van der Waals surface area contributed by atoms with Crippen LogP contribution in [0.3, 0.4) is 0 Å². The van der Waals surface area contributed by atoms with Gasteiger partial charge in [0, 0.05) is 19.1 Å². The molecule has 4 heteroatoms. The van der Waals surface area contributed by atoms with Gasteiger partial charge in [-0.3, -0.25) is 4.90 Å². The lowest BCUT2D eigenvalue weighted by Crippen LogP contribution is -2.48. The molecular formula is C20H33NO3. The van der Waals surface area contributed by atoms with Crippen LogP contribution in [0.25, 0.3) is 0 Å². The van der Waals surface area contributed by atoms with Gasteiger partial charge < -0.3 is 14.6 Å². The standard InChI is InChI=1S/C19H29NO3.CH4/c1-12(2)7-14-11-20-6-5-13-8-18(22-3)19(23-4)9-15(13)16(20)10-17(14)21;/h8-9,12,14,16-17,21H,5-7,10-11H2,1-4H3;1H4/t14-,16+,17?;/m0./s1. The van der Waals surface area contributed by atoms with Gasteiger partial charge in [-0.2, -0.15) is 0 Å². The number of aliphatic hydroxyl groups excluding tert-OH is 1. The molecule has 0 spiro atoms. The fraction of sp³-hybridized carbons (Fsp3) is 0.700. The quantitative estimate of drug-likeness (QED) is 0.912. The Hall–Kier alpha value is -1.26. The molecule has 4 nitrogen and oxygen atoms in total. The summed E-state index contributed by atoms with van der Waals surface area (Å²) in [4.78, 5) is 2.55. The van der Waals surface area contributed by atoms with Crippen molar-refractivity contribution in [1.82, 2.24) is 4.90 Å². The van der Waals surface area contributed by atoms with Crippen molar-refractivity contribution in [3.05, 3.63) is 23.3 Å². The smallest absolute Gasteiger partial charge is 0.161 e. The molecule has 0 radical (unpaired) electrons. The molecule has 24 heavy (non-hydrogen) atoms. The third-order valence-corrected chi connectivity index (χ3v) is 5.37. The van der Waals surface area contributed by atoms with E-state index in [2.05, 4.69) is 30.9 Å². The van der Waals surface area contributed by atoms with Crippen molar-refractivity contribution in [1.29, 1.82) is 0 Å². The fourth-order valence-corrected chi connectivity index (χ4v) is 4.26. The first-order valence-corrected chi connectivity index (χ1v) is 8.70. The number of rotatable bonds is 4. The molecule has 136 valence electrons. The Kier molecular flexibility index (Phi) is 6.16. The Morgan fingerprint density at radius 1 is 1.21 bits per heavy atom. The highest BCUT2D eigenvalue weighted by Crippen LogP contribution is 2.43. The zero-order valence-electron chi connectivity index (χ0n) is 14.7. The molecule has 1 N–H and O–H groups in total. The predicted octanol–water partition coefficient (Wildman–Crippen LogP) is 3.67. The maximum absolute atomic E-state index is 10.6. The van der Waals surface area contributed by atoms with Crippen molar-refractivity contribution < 1.29 is 14.6 Å². The number of benzene rings is 1. The van der Waals surface area contributed by atoms with Crippen molar-refractivity contribution in [2.24, 2.45) is 11.8 Å². The first kappa shape index (κ1) is 19.1. The Morgan fingerprint density at radius 2 is 1.88 bits per heavy atom. The number of aliphatic hydroxyl groups is 1. The van der Waals surface area contributed by atoms with Crippen molar-refractivity contribution in [2.45, 2.75) is 52.7 Å². The van der Waals surface area contributed by atoms with E-state index in [1.54, 1.807) is 14.2 Å². The SMILES string of the molecule is C.COc1cc2c(cc1OC)[C@H]1CC(O)[C@@H](CC(C)C)CN1CC2. The number of piperidine rings is 1. The topological polar surface area (TPSA) is 41.9 Å². The van der Waals surface area contributed by atoms with Gasteiger partial charge in [-0.25, -0.2) is 0 Å². The third-order valence-electron chi connectivity index (χ3n) is 5.37. The molecule has 1 saturated heterocycles. The van der Waals surface area contributed by atoms with Crippen LogP contribution in [0.5, 0.6) is 11.5 Å². The van der Waals surface area contributed by atoms with Gasteiger partial charge in [-0.05, 0) is 54.4 Å². The van der Waals surface area contributed by atoms with Gasteiger partial charge in [0.2, 0.25) is 0 Å². The number of methoxy groups -OCH3 is 2. The van der Waals surface area contributed by atoms with Crippen LogP contribution in [0.4, 0.5) is 0 Å². The van der Waals surface area contributed by atoms with Gasteiger partial charge in [0.1, 0.15) is 0 Å². The van der Waals surface area contributed by atoms with Gasteiger partial charge in [-0.15, -0.1) is 0 Å². The van der Waals surface area contributed by atoms with E-state index >= 15 is 0 Å². The highest BCUT2D eigenvalue weighted by atomic mass is 16.5. The second-order valence-electron chi connectivity index (χ2n) is 7.36.